The van der Waals surface area contributed by atoms with E-state index in [1.54, 1.807) is 19.1 Å². The number of anilines is 1. The summed E-state index contributed by atoms with van der Waals surface area (Å²) >= 11 is 2.65. The highest BCUT2D eigenvalue weighted by Crippen LogP contribution is 2.48. The van der Waals surface area contributed by atoms with Crippen LogP contribution in [-0.2, 0) is 15.3 Å². The van der Waals surface area contributed by atoms with E-state index in [2.05, 4.69) is 15.2 Å². The molecule has 1 saturated heterocycles. The van der Waals surface area contributed by atoms with Crippen molar-refractivity contribution in [2.75, 3.05) is 26.2 Å². The van der Waals surface area contributed by atoms with Crippen molar-refractivity contribution in [2.24, 2.45) is 0 Å². The minimum Gasteiger partial charge on any atom is -0.505 e. The molecule has 230 valence electrons. The number of benzene rings is 2. The fourth-order valence-electron chi connectivity index (χ4n) is 5.36. The number of methoxy groups -OCH3 is 3. The number of pyridine rings is 1. The van der Waals surface area contributed by atoms with Gasteiger partial charge in [0.15, 0.2) is 21.6 Å². The number of aliphatic hydroxyl groups excluding tert-OH is 1. The van der Waals surface area contributed by atoms with Gasteiger partial charge in [-0.1, -0.05) is 59.5 Å². The standard InChI is InChI=1S/C32H29N5O6S2/c1-17-10-9-13-36-18(2)24(33-29(17)36)26(38)23-25(20-14-21(41-3)28(43-5)22(15-20)42-4)37(30(40)27(23)39)31-34-35-32(45-31)44-16-19-11-7-6-8-12-19/h6-15,25,38H,16H2,1-5H3. The minimum atomic E-state index is -1.11. The Labute approximate surface area is 267 Å². The average Bonchev–Trinajstić information content (AvgIpc) is 3.74. The van der Waals surface area contributed by atoms with E-state index < -0.39 is 23.5 Å². The van der Waals surface area contributed by atoms with Gasteiger partial charge in [0, 0.05) is 11.9 Å². The molecule has 1 aliphatic heterocycles. The largest absolute Gasteiger partial charge is 0.505 e. The molecule has 2 aromatic carbocycles. The lowest BCUT2D eigenvalue weighted by atomic mass is 9.95. The van der Waals surface area contributed by atoms with Crippen molar-refractivity contribution in [1.82, 2.24) is 19.6 Å². The normalized spacial score (nSPS) is 16.0. The highest BCUT2D eigenvalue weighted by molar-refractivity contribution is 8.00. The molecule has 11 nitrogen and oxygen atoms in total. The van der Waals surface area contributed by atoms with E-state index in [9.17, 15) is 14.7 Å². The van der Waals surface area contributed by atoms with Gasteiger partial charge in [-0.2, -0.15) is 0 Å². The fourth-order valence-corrected chi connectivity index (χ4v) is 7.18. The number of aliphatic hydroxyl groups is 1. The van der Waals surface area contributed by atoms with Crippen LogP contribution in [0.1, 0.15) is 34.1 Å². The Balaban J connectivity index is 1.52. The Bertz CT molecular complexity index is 1940. The van der Waals surface area contributed by atoms with Gasteiger partial charge in [0.1, 0.15) is 11.3 Å². The lowest BCUT2D eigenvalue weighted by Gasteiger charge is -2.24. The summed E-state index contributed by atoms with van der Waals surface area (Å²) in [5, 5.41) is 20.6. The van der Waals surface area contributed by atoms with Crippen molar-refractivity contribution in [2.45, 2.75) is 30.0 Å². The number of Topliss-reactive ketones (excluding diaryl/α,β-unsaturated/α-hetero) is 1. The van der Waals surface area contributed by atoms with E-state index >= 15 is 0 Å². The molecule has 45 heavy (non-hydrogen) atoms. The highest BCUT2D eigenvalue weighted by Gasteiger charge is 2.49. The van der Waals surface area contributed by atoms with Gasteiger partial charge in [-0.15, -0.1) is 10.2 Å². The number of imidazole rings is 1. The number of fused-ring (bicyclic) bond motifs is 1. The summed E-state index contributed by atoms with van der Waals surface area (Å²) in [6.07, 6.45) is 1.83. The van der Waals surface area contributed by atoms with Crippen LogP contribution in [0.3, 0.4) is 0 Å². The molecule has 13 heteroatoms. The van der Waals surface area contributed by atoms with E-state index in [0.717, 1.165) is 11.1 Å². The molecule has 5 aromatic rings. The van der Waals surface area contributed by atoms with Crippen molar-refractivity contribution < 1.29 is 28.9 Å². The van der Waals surface area contributed by atoms with Gasteiger partial charge in [0.2, 0.25) is 10.9 Å². The van der Waals surface area contributed by atoms with Gasteiger partial charge in [-0.25, -0.2) is 4.98 Å². The zero-order chi connectivity index (χ0) is 31.8. The third kappa shape index (κ3) is 5.27. The van der Waals surface area contributed by atoms with E-state index in [0.29, 0.717) is 44.2 Å². The molecule has 3 aromatic heterocycles. The van der Waals surface area contributed by atoms with Crippen LogP contribution in [0.15, 0.2) is 70.7 Å². The molecule has 1 unspecified atom stereocenters. The van der Waals surface area contributed by atoms with Crippen molar-refractivity contribution in [3.63, 3.8) is 0 Å². The summed E-state index contributed by atoms with van der Waals surface area (Å²) in [7, 11) is 4.43. The first-order chi connectivity index (χ1) is 21.8. The SMILES string of the molecule is COc1cc(C2C(=C(O)c3nc4c(C)cccn4c3C)C(=O)C(=O)N2c2nnc(SCc3ccccc3)s2)cc(OC)c1OC. The summed E-state index contributed by atoms with van der Waals surface area (Å²) in [6, 6.07) is 15.9. The van der Waals surface area contributed by atoms with Gasteiger partial charge in [-0.05, 0) is 48.7 Å². The molecule has 1 aliphatic rings. The second kappa shape index (κ2) is 12.3. The third-order valence-electron chi connectivity index (χ3n) is 7.56. The topological polar surface area (TPSA) is 128 Å². The number of ketones is 1. The fraction of sp³-hybridized carbons (Fsp3) is 0.219. The van der Waals surface area contributed by atoms with Crippen molar-refractivity contribution in [1.29, 1.82) is 0 Å². The van der Waals surface area contributed by atoms with Crippen LogP contribution in [0.4, 0.5) is 5.13 Å². The van der Waals surface area contributed by atoms with E-state index in [1.807, 2.05) is 60.0 Å². The third-order valence-corrected chi connectivity index (χ3v) is 9.69. The number of aryl methyl sites for hydroxylation is 2. The molecule has 1 atom stereocenters. The number of carbonyl (C=O) groups is 2. The molecular weight excluding hydrogens is 615 g/mol. The van der Waals surface area contributed by atoms with Crippen LogP contribution in [0.25, 0.3) is 11.4 Å². The lowest BCUT2D eigenvalue weighted by molar-refractivity contribution is -0.132. The number of nitrogens with zero attached hydrogens (tertiary/aromatic N) is 5. The molecule has 0 bridgehead atoms. The molecule has 0 radical (unpaired) electrons. The molecule has 1 fully saturated rings. The molecular formula is C32H29N5O6S2. The van der Waals surface area contributed by atoms with Crippen molar-refractivity contribution in [3.05, 3.63) is 94.4 Å². The summed E-state index contributed by atoms with van der Waals surface area (Å²) in [5.41, 5.74) is 3.70. The minimum absolute atomic E-state index is 0.146. The monoisotopic (exact) mass is 643 g/mol. The highest BCUT2D eigenvalue weighted by atomic mass is 32.2. The maximum absolute atomic E-state index is 13.9. The first-order valence-corrected chi connectivity index (χ1v) is 15.6. The zero-order valence-corrected chi connectivity index (χ0v) is 26.7. The van der Waals surface area contributed by atoms with Crippen LogP contribution in [-0.4, -0.2) is 57.7 Å². The summed E-state index contributed by atoms with van der Waals surface area (Å²) in [6.45, 7) is 3.70. The van der Waals surface area contributed by atoms with E-state index in [-0.39, 0.29) is 16.4 Å². The Morgan fingerprint density at radius 2 is 1.69 bits per heavy atom. The number of carbonyl (C=O) groups excluding carboxylic acids is 2. The van der Waals surface area contributed by atoms with E-state index in [4.69, 9.17) is 14.2 Å². The summed E-state index contributed by atoms with van der Waals surface area (Å²) < 4.78 is 19.1. The lowest BCUT2D eigenvalue weighted by Crippen LogP contribution is -2.29. The number of hydrogen-bond acceptors (Lipinski definition) is 11. The zero-order valence-electron chi connectivity index (χ0n) is 25.1. The van der Waals surface area contributed by atoms with Crippen molar-refractivity contribution in [3.8, 4) is 17.2 Å². The molecule has 0 spiro atoms. The van der Waals surface area contributed by atoms with Crippen LogP contribution >= 0.6 is 23.1 Å². The maximum Gasteiger partial charge on any atom is 0.301 e. The smallest absolute Gasteiger partial charge is 0.301 e. The molecule has 1 N–H and O–H groups in total. The Kier molecular flexibility index (Phi) is 8.21. The molecule has 0 aliphatic carbocycles. The number of thioether (sulfide) groups is 1. The van der Waals surface area contributed by atoms with Gasteiger partial charge in [-0.3, -0.25) is 14.5 Å². The molecule has 1 amide bonds. The predicted octanol–water partition coefficient (Wildman–Crippen LogP) is 5.75. The number of ether oxygens (including phenoxy) is 3. The van der Waals surface area contributed by atoms with Crippen LogP contribution < -0.4 is 19.1 Å². The Morgan fingerprint density at radius 3 is 2.33 bits per heavy atom. The Morgan fingerprint density at radius 1 is 0.978 bits per heavy atom. The average molecular weight is 644 g/mol. The van der Waals surface area contributed by atoms with Gasteiger partial charge >= 0.3 is 5.91 Å². The molecule has 0 saturated carbocycles. The van der Waals surface area contributed by atoms with Crippen LogP contribution in [0.2, 0.25) is 0 Å². The second-order valence-corrected chi connectivity index (χ2v) is 12.4. The van der Waals surface area contributed by atoms with Crippen LogP contribution in [0, 0.1) is 13.8 Å². The summed E-state index contributed by atoms with van der Waals surface area (Å²) in [5.74, 6) is -0.531. The van der Waals surface area contributed by atoms with Crippen LogP contribution in [0.5, 0.6) is 17.2 Å². The molecule has 4 heterocycles. The van der Waals surface area contributed by atoms with Crippen molar-refractivity contribution >= 4 is 51.3 Å². The van der Waals surface area contributed by atoms with Gasteiger partial charge in [0.05, 0.1) is 38.6 Å². The van der Waals surface area contributed by atoms with Gasteiger partial charge < -0.3 is 23.7 Å². The quantitative estimate of drug-likeness (QED) is 0.0697. The number of aromatic nitrogens is 4. The maximum atomic E-state index is 13.9. The van der Waals surface area contributed by atoms with Gasteiger partial charge in [0.25, 0.3) is 5.78 Å². The Hall–Kier alpha value is -4.88. The number of hydrogen-bond donors (Lipinski definition) is 1. The first-order valence-electron chi connectivity index (χ1n) is 13.8. The first kappa shape index (κ1) is 30.2. The summed E-state index contributed by atoms with van der Waals surface area (Å²) in [4.78, 5) is 33.6. The number of rotatable bonds is 9. The predicted molar refractivity (Wildman–Crippen MR) is 171 cm³/mol. The second-order valence-electron chi connectivity index (χ2n) is 10.2. The number of amides is 1. The van der Waals surface area contributed by atoms with E-state index in [1.165, 1.54) is 49.3 Å². The molecule has 6 rings (SSSR count).